The number of benzene rings is 1. The van der Waals surface area contributed by atoms with Gasteiger partial charge in [0.1, 0.15) is 0 Å². The number of thioether (sulfide) groups is 2. The topological polar surface area (TPSA) is 58.2 Å². The van der Waals surface area contributed by atoms with Crippen LogP contribution < -0.4 is 10.0 Å². The Morgan fingerprint density at radius 2 is 2.00 bits per heavy atom. The first-order chi connectivity index (χ1) is 9.62. The van der Waals surface area contributed by atoms with E-state index < -0.39 is 10.0 Å². The number of anilines is 1. The third kappa shape index (κ3) is 4.58. The molecule has 0 bridgehead atoms. The quantitative estimate of drug-likeness (QED) is 0.837. The van der Waals surface area contributed by atoms with Crippen LogP contribution in [0.4, 0.5) is 5.69 Å². The van der Waals surface area contributed by atoms with E-state index in [0.29, 0.717) is 16.7 Å². The summed E-state index contributed by atoms with van der Waals surface area (Å²) in [6, 6.07) is 6.93. The molecule has 2 N–H and O–H groups in total. The summed E-state index contributed by atoms with van der Waals surface area (Å²) in [4.78, 5) is 0.312. The van der Waals surface area contributed by atoms with E-state index in [4.69, 9.17) is 0 Å². The van der Waals surface area contributed by atoms with Crippen LogP contribution in [0.25, 0.3) is 0 Å². The molecule has 0 spiro atoms. The molecule has 2 rings (SSSR count). The van der Waals surface area contributed by atoms with E-state index in [1.165, 1.54) is 17.3 Å². The van der Waals surface area contributed by atoms with E-state index in [1.807, 2.05) is 35.7 Å². The lowest BCUT2D eigenvalue weighted by Gasteiger charge is -2.21. The van der Waals surface area contributed by atoms with E-state index in [2.05, 4.69) is 10.0 Å². The molecule has 0 aliphatic carbocycles. The fourth-order valence-electron chi connectivity index (χ4n) is 1.91. The van der Waals surface area contributed by atoms with Gasteiger partial charge in [-0.1, -0.05) is 6.92 Å². The summed E-state index contributed by atoms with van der Waals surface area (Å²) in [7, 11) is -3.35. The Kier molecular flexibility index (Phi) is 6.07. The predicted molar refractivity (Wildman–Crippen MR) is 89.4 cm³/mol. The molecule has 20 heavy (non-hydrogen) atoms. The van der Waals surface area contributed by atoms with Crippen molar-refractivity contribution in [1.82, 2.24) is 4.72 Å². The van der Waals surface area contributed by atoms with Crippen molar-refractivity contribution in [2.45, 2.75) is 17.1 Å². The molecular formula is C13H20N2O2S3. The summed E-state index contributed by atoms with van der Waals surface area (Å²) in [5, 5.41) is 4.01. The lowest BCUT2D eigenvalue weighted by atomic mass is 10.3. The van der Waals surface area contributed by atoms with Crippen LogP contribution in [0.3, 0.4) is 0 Å². The second-order valence-corrected chi connectivity index (χ2v) is 8.80. The summed E-state index contributed by atoms with van der Waals surface area (Å²) < 4.78 is 26.1. The Balaban J connectivity index is 1.91. The summed E-state index contributed by atoms with van der Waals surface area (Å²) in [5.41, 5.74) is 0.969. The van der Waals surface area contributed by atoms with Crippen molar-refractivity contribution in [3.05, 3.63) is 24.3 Å². The number of nitrogens with one attached hydrogen (secondary N) is 2. The molecule has 1 fully saturated rings. The molecule has 0 amide bonds. The Bertz CT molecular complexity index is 511. The maximum Gasteiger partial charge on any atom is 0.240 e. The van der Waals surface area contributed by atoms with Crippen LogP contribution in [0.2, 0.25) is 0 Å². The first-order valence-corrected chi connectivity index (χ1v) is 10.3. The summed E-state index contributed by atoms with van der Waals surface area (Å²) in [5.74, 6) is 3.65. The second kappa shape index (κ2) is 7.59. The van der Waals surface area contributed by atoms with Gasteiger partial charge in [0, 0.05) is 41.3 Å². The summed E-state index contributed by atoms with van der Waals surface area (Å²) in [6.45, 7) is 3.10. The minimum absolute atomic E-state index is 0.312. The van der Waals surface area contributed by atoms with E-state index in [1.54, 1.807) is 19.1 Å². The molecule has 112 valence electrons. The number of sulfonamides is 1. The maximum absolute atomic E-state index is 11.8. The molecule has 1 saturated heterocycles. The average molecular weight is 333 g/mol. The average Bonchev–Trinajstić information content (AvgIpc) is 2.47. The smallest absolute Gasteiger partial charge is 0.240 e. The molecule has 1 atom stereocenters. The van der Waals surface area contributed by atoms with Gasteiger partial charge in [0.2, 0.25) is 10.0 Å². The number of hydrogen-bond donors (Lipinski definition) is 2. The lowest BCUT2D eigenvalue weighted by Crippen LogP contribution is -2.24. The lowest BCUT2D eigenvalue weighted by molar-refractivity contribution is 0.584. The summed E-state index contributed by atoms with van der Waals surface area (Å²) in [6.07, 6.45) is 0. The number of hydrogen-bond acceptors (Lipinski definition) is 5. The van der Waals surface area contributed by atoms with Crippen molar-refractivity contribution >= 4 is 39.2 Å². The molecule has 1 unspecified atom stereocenters. The minimum Gasteiger partial charge on any atom is -0.384 e. The SMILES string of the molecule is CCNS(=O)(=O)c1ccc(NCC2CSCCS2)cc1. The van der Waals surface area contributed by atoms with Crippen LogP contribution >= 0.6 is 23.5 Å². The van der Waals surface area contributed by atoms with Gasteiger partial charge in [-0.25, -0.2) is 13.1 Å². The molecule has 1 aliphatic heterocycles. The van der Waals surface area contributed by atoms with Crippen LogP contribution in [0.1, 0.15) is 6.92 Å². The standard InChI is InChI=1S/C13H20N2O2S3/c1-2-15-20(16,17)13-5-3-11(4-6-13)14-9-12-10-18-7-8-19-12/h3-6,12,14-15H,2,7-10H2,1H3. The molecule has 7 heteroatoms. The Morgan fingerprint density at radius 1 is 1.25 bits per heavy atom. The minimum atomic E-state index is -3.35. The zero-order valence-corrected chi connectivity index (χ0v) is 13.9. The molecule has 1 heterocycles. The molecule has 1 aliphatic rings. The van der Waals surface area contributed by atoms with Crippen molar-refractivity contribution in [2.24, 2.45) is 0 Å². The fraction of sp³-hybridized carbons (Fsp3) is 0.538. The van der Waals surface area contributed by atoms with Gasteiger partial charge in [-0.2, -0.15) is 23.5 Å². The van der Waals surface area contributed by atoms with Crippen molar-refractivity contribution in [3.63, 3.8) is 0 Å². The van der Waals surface area contributed by atoms with Gasteiger partial charge >= 0.3 is 0 Å². The number of rotatable bonds is 6. The van der Waals surface area contributed by atoms with Crippen molar-refractivity contribution in [2.75, 3.05) is 35.7 Å². The van der Waals surface area contributed by atoms with E-state index in [9.17, 15) is 8.42 Å². The van der Waals surface area contributed by atoms with Gasteiger partial charge < -0.3 is 5.32 Å². The first-order valence-electron chi connectivity index (χ1n) is 6.65. The van der Waals surface area contributed by atoms with Crippen LogP contribution in [-0.4, -0.2) is 44.0 Å². The Morgan fingerprint density at radius 3 is 2.60 bits per heavy atom. The predicted octanol–water partition coefficient (Wildman–Crippen LogP) is 2.25. The first kappa shape index (κ1) is 16.0. The third-order valence-corrected chi connectivity index (χ3v) is 7.32. The second-order valence-electron chi connectivity index (χ2n) is 4.47. The van der Waals surface area contributed by atoms with Crippen molar-refractivity contribution < 1.29 is 8.42 Å². The van der Waals surface area contributed by atoms with Gasteiger partial charge in [0.15, 0.2) is 0 Å². The van der Waals surface area contributed by atoms with E-state index >= 15 is 0 Å². The van der Waals surface area contributed by atoms with E-state index in [-0.39, 0.29) is 0 Å². The highest BCUT2D eigenvalue weighted by molar-refractivity contribution is 8.06. The molecule has 0 radical (unpaired) electrons. The molecular weight excluding hydrogens is 312 g/mol. The van der Waals surface area contributed by atoms with Crippen LogP contribution in [0, 0.1) is 0 Å². The maximum atomic E-state index is 11.8. The zero-order valence-electron chi connectivity index (χ0n) is 11.5. The van der Waals surface area contributed by atoms with Crippen molar-refractivity contribution in [1.29, 1.82) is 0 Å². The van der Waals surface area contributed by atoms with E-state index in [0.717, 1.165) is 12.2 Å². The highest BCUT2D eigenvalue weighted by atomic mass is 32.2. The largest absolute Gasteiger partial charge is 0.384 e. The van der Waals surface area contributed by atoms with Gasteiger partial charge in [-0.3, -0.25) is 0 Å². The highest BCUT2D eigenvalue weighted by Gasteiger charge is 2.14. The van der Waals surface area contributed by atoms with Gasteiger partial charge in [0.05, 0.1) is 4.90 Å². The fourth-order valence-corrected chi connectivity index (χ4v) is 5.56. The Labute approximate surface area is 129 Å². The molecule has 0 saturated carbocycles. The molecule has 0 aromatic heterocycles. The van der Waals surface area contributed by atoms with Crippen LogP contribution in [0.15, 0.2) is 29.2 Å². The van der Waals surface area contributed by atoms with Gasteiger partial charge in [-0.05, 0) is 24.3 Å². The molecule has 4 nitrogen and oxygen atoms in total. The molecule has 1 aromatic rings. The normalized spacial score (nSPS) is 19.8. The van der Waals surface area contributed by atoms with Crippen molar-refractivity contribution in [3.8, 4) is 0 Å². The van der Waals surface area contributed by atoms with Crippen LogP contribution in [0.5, 0.6) is 0 Å². The van der Waals surface area contributed by atoms with Crippen LogP contribution in [-0.2, 0) is 10.0 Å². The third-order valence-electron chi connectivity index (χ3n) is 2.92. The zero-order chi connectivity index (χ0) is 14.4. The Hall–Kier alpha value is -0.370. The van der Waals surface area contributed by atoms with Gasteiger partial charge in [0.25, 0.3) is 0 Å². The summed E-state index contributed by atoms with van der Waals surface area (Å²) >= 11 is 4.01. The molecule has 1 aromatic carbocycles. The van der Waals surface area contributed by atoms with Gasteiger partial charge in [-0.15, -0.1) is 0 Å². The monoisotopic (exact) mass is 332 g/mol. The highest BCUT2D eigenvalue weighted by Crippen LogP contribution is 2.24.